The van der Waals surface area contributed by atoms with Gasteiger partial charge in [0.1, 0.15) is 6.07 Å². The maximum atomic E-state index is 11.8. The van der Waals surface area contributed by atoms with Crippen molar-refractivity contribution < 1.29 is 9.53 Å². The molecule has 0 bridgehead atoms. The van der Waals surface area contributed by atoms with Crippen molar-refractivity contribution in [3.05, 3.63) is 45.9 Å². The summed E-state index contributed by atoms with van der Waals surface area (Å²) in [7, 11) is 0. The number of H-pyrrole nitrogens is 1. The molecular formula is C16H11BrN2O2. The third-order valence-electron chi connectivity index (χ3n) is 3.33. The molecule has 21 heavy (non-hydrogen) atoms. The molecule has 0 unspecified atom stereocenters. The number of aromatic amines is 1. The minimum Gasteiger partial charge on any atom is -0.462 e. The molecule has 1 N–H and O–H groups in total. The van der Waals surface area contributed by atoms with Crippen LogP contribution in [0.3, 0.4) is 0 Å². The number of nitriles is 1. The molecule has 0 fully saturated rings. The number of carbonyl (C=O) groups excluding carboxylic acids is 1. The van der Waals surface area contributed by atoms with Crippen LogP contribution >= 0.6 is 15.9 Å². The average Bonchev–Trinajstić information content (AvgIpc) is 2.87. The molecule has 4 nitrogen and oxygen atoms in total. The van der Waals surface area contributed by atoms with Crippen molar-refractivity contribution in [2.24, 2.45) is 0 Å². The second kappa shape index (κ2) is 5.23. The summed E-state index contributed by atoms with van der Waals surface area (Å²) in [6.45, 7) is 2.11. The van der Waals surface area contributed by atoms with Crippen molar-refractivity contribution in [1.82, 2.24) is 4.98 Å². The first kappa shape index (κ1) is 13.7. The van der Waals surface area contributed by atoms with E-state index in [9.17, 15) is 10.1 Å². The van der Waals surface area contributed by atoms with Crippen LogP contribution in [0.5, 0.6) is 0 Å². The van der Waals surface area contributed by atoms with Crippen LogP contribution in [-0.2, 0) is 4.74 Å². The van der Waals surface area contributed by atoms with Gasteiger partial charge in [-0.25, -0.2) is 4.79 Å². The van der Waals surface area contributed by atoms with Gasteiger partial charge in [-0.15, -0.1) is 0 Å². The fourth-order valence-corrected chi connectivity index (χ4v) is 2.95. The van der Waals surface area contributed by atoms with Crippen LogP contribution in [0.2, 0.25) is 0 Å². The molecule has 1 heterocycles. The van der Waals surface area contributed by atoms with Gasteiger partial charge in [-0.2, -0.15) is 5.26 Å². The summed E-state index contributed by atoms with van der Waals surface area (Å²) < 4.78 is 5.91. The van der Waals surface area contributed by atoms with Crippen LogP contribution in [0.15, 0.2) is 34.8 Å². The molecule has 104 valence electrons. The van der Waals surface area contributed by atoms with E-state index in [0.29, 0.717) is 17.7 Å². The topological polar surface area (TPSA) is 65.9 Å². The van der Waals surface area contributed by atoms with E-state index in [1.807, 2.05) is 12.1 Å². The highest BCUT2D eigenvalue weighted by molar-refractivity contribution is 9.10. The highest BCUT2D eigenvalue weighted by Gasteiger charge is 2.14. The highest BCUT2D eigenvalue weighted by Crippen LogP contribution is 2.33. The van der Waals surface area contributed by atoms with Crippen LogP contribution in [-0.4, -0.2) is 17.6 Å². The molecule has 0 saturated heterocycles. The van der Waals surface area contributed by atoms with Gasteiger partial charge in [0.05, 0.1) is 23.3 Å². The van der Waals surface area contributed by atoms with Crippen LogP contribution in [0.25, 0.3) is 21.8 Å². The Morgan fingerprint density at radius 2 is 2.19 bits per heavy atom. The number of carbonyl (C=O) groups is 1. The number of benzene rings is 2. The Bertz CT molecular complexity index is 906. The average molecular weight is 343 g/mol. The fourth-order valence-electron chi connectivity index (χ4n) is 2.41. The molecule has 0 amide bonds. The smallest absolute Gasteiger partial charge is 0.338 e. The Balaban J connectivity index is 2.29. The number of fused-ring (bicyclic) bond motifs is 3. The first-order chi connectivity index (χ1) is 10.2. The van der Waals surface area contributed by atoms with Crippen LogP contribution < -0.4 is 0 Å². The number of aromatic nitrogens is 1. The number of rotatable bonds is 2. The zero-order chi connectivity index (χ0) is 15.0. The zero-order valence-electron chi connectivity index (χ0n) is 11.2. The molecule has 0 spiro atoms. The Labute approximate surface area is 129 Å². The molecule has 0 saturated carbocycles. The quantitative estimate of drug-likeness (QED) is 0.712. The summed E-state index contributed by atoms with van der Waals surface area (Å²) in [5.74, 6) is -0.349. The molecule has 0 atom stereocenters. The second-order valence-corrected chi connectivity index (χ2v) is 5.42. The third kappa shape index (κ3) is 2.18. The van der Waals surface area contributed by atoms with E-state index in [-0.39, 0.29) is 5.97 Å². The van der Waals surface area contributed by atoms with Gasteiger partial charge in [-0.3, -0.25) is 0 Å². The summed E-state index contributed by atoms with van der Waals surface area (Å²) in [6.07, 6.45) is 0. The van der Waals surface area contributed by atoms with E-state index in [1.165, 1.54) is 0 Å². The lowest BCUT2D eigenvalue weighted by molar-refractivity contribution is 0.0526. The minimum absolute atomic E-state index is 0.341. The first-order valence-electron chi connectivity index (χ1n) is 6.47. The predicted molar refractivity (Wildman–Crippen MR) is 84.2 cm³/mol. The second-order valence-electron chi connectivity index (χ2n) is 4.56. The number of halogens is 1. The molecule has 0 aliphatic heterocycles. The number of ether oxygens (including phenoxy) is 1. The lowest BCUT2D eigenvalue weighted by atomic mass is 10.1. The zero-order valence-corrected chi connectivity index (χ0v) is 12.8. The standard InChI is InChI=1S/C16H11BrN2O2/c1-2-21-16(20)9-3-5-11-13(7-9)19-15-10(8-18)4-6-12(17)14(11)15/h3-7,19H,2H2,1H3. The van der Waals surface area contributed by atoms with Gasteiger partial charge in [0, 0.05) is 20.8 Å². The largest absolute Gasteiger partial charge is 0.462 e. The van der Waals surface area contributed by atoms with E-state index < -0.39 is 0 Å². The molecule has 2 aromatic carbocycles. The van der Waals surface area contributed by atoms with Crippen molar-refractivity contribution in [1.29, 1.82) is 5.26 Å². The van der Waals surface area contributed by atoms with Gasteiger partial charge < -0.3 is 9.72 Å². The lowest BCUT2D eigenvalue weighted by Gasteiger charge is -2.01. The van der Waals surface area contributed by atoms with Gasteiger partial charge in [-0.05, 0) is 31.2 Å². The van der Waals surface area contributed by atoms with E-state index in [4.69, 9.17) is 4.74 Å². The Kier molecular flexibility index (Phi) is 3.40. The minimum atomic E-state index is -0.349. The Morgan fingerprint density at radius 1 is 1.38 bits per heavy atom. The summed E-state index contributed by atoms with van der Waals surface area (Å²) in [5.41, 5.74) is 2.63. The number of esters is 1. The molecule has 3 aromatic rings. The van der Waals surface area contributed by atoms with Gasteiger partial charge in [0.25, 0.3) is 0 Å². The monoisotopic (exact) mass is 342 g/mol. The molecular weight excluding hydrogens is 332 g/mol. The van der Waals surface area contributed by atoms with Gasteiger partial charge >= 0.3 is 5.97 Å². The summed E-state index contributed by atoms with van der Waals surface area (Å²) in [6, 6.07) is 11.1. The molecule has 0 radical (unpaired) electrons. The maximum absolute atomic E-state index is 11.8. The van der Waals surface area contributed by atoms with Crippen molar-refractivity contribution in [2.45, 2.75) is 6.92 Å². The number of hydrogen-bond donors (Lipinski definition) is 1. The normalized spacial score (nSPS) is 10.7. The van der Waals surface area contributed by atoms with Crippen molar-refractivity contribution in [2.75, 3.05) is 6.61 Å². The Morgan fingerprint density at radius 3 is 2.90 bits per heavy atom. The number of hydrogen-bond acceptors (Lipinski definition) is 3. The third-order valence-corrected chi connectivity index (χ3v) is 4.00. The van der Waals surface area contributed by atoms with Crippen LogP contribution in [0.1, 0.15) is 22.8 Å². The van der Waals surface area contributed by atoms with Crippen LogP contribution in [0, 0.1) is 11.3 Å². The van der Waals surface area contributed by atoms with Crippen molar-refractivity contribution in [3.8, 4) is 6.07 Å². The van der Waals surface area contributed by atoms with E-state index in [2.05, 4.69) is 27.0 Å². The van der Waals surface area contributed by atoms with Gasteiger partial charge in [0.2, 0.25) is 0 Å². The molecule has 5 heteroatoms. The molecule has 1 aromatic heterocycles. The number of nitrogens with one attached hydrogen (secondary N) is 1. The van der Waals surface area contributed by atoms with E-state index >= 15 is 0 Å². The Hall–Kier alpha value is -2.32. The molecule has 3 rings (SSSR count). The van der Waals surface area contributed by atoms with Crippen LogP contribution in [0.4, 0.5) is 0 Å². The van der Waals surface area contributed by atoms with Gasteiger partial charge in [0.15, 0.2) is 0 Å². The number of nitrogens with zero attached hydrogens (tertiary/aromatic N) is 1. The first-order valence-corrected chi connectivity index (χ1v) is 7.26. The van der Waals surface area contributed by atoms with Gasteiger partial charge in [-0.1, -0.05) is 22.0 Å². The van der Waals surface area contributed by atoms with Crippen molar-refractivity contribution in [3.63, 3.8) is 0 Å². The molecule has 0 aliphatic rings. The summed E-state index contributed by atoms with van der Waals surface area (Å²) in [5, 5.41) is 11.1. The lowest BCUT2D eigenvalue weighted by Crippen LogP contribution is -2.03. The summed E-state index contributed by atoms with van der Waals surface area (Å²) in [4.78, 5) is 15.0. The predicted octanol–water partition coefficient (Wildman–Crippen LogP) is 4.13. The van der Waals surface area contributed by atoms with Crippen molar-refractivity contribution >= 4 is 43.7 Å². The fraction of sp³-hybridized carbons (Fsp3) is 0.125. The van der Waals surface area contributed by atoms with E-state index in [1.54, 1.807) is 25.1 Å². The summed E-state index contributed by atoms with van der Waals surface area (Å²) >= 11 is 3.51. The maximum Gasteiger partial charge on any atom is 0.338 e. The van der Waals surface area contributed by atoms with E-state index in [0.717, 1.165) is 26.3 Å². The highest BCUT2D eigenvalue weighted by atomic mass is 79.9. The SMILES string of the molecule is CCOC(=O)c1ccc2c(c1)[nH]c1c(C#N)ccc(Br)c12. The molecule has 0 aliphatic carbocycles.